The van der Waals surface area contributed by atoms with E-state index >= 15 is 0 Å². The fourth-order valence-electron chi connectivity index (χ4n) is 2.21. The summed E-state index contributed by atoms with van der Waals surface area (Å²) in [6, 6.07) is 2.41. The Labute approximate surface area is 122 Å². The normalized spacial score (nSPS) is 12.1. The summed E-state index contributed by atoms with van der Waals surface area (Å²) in [6.07, 6.45) is 5.14. The molecule has 4 nitrogen and oxygen atoms in total. The maximum Gasteiger partial charge on any atom is 0.140 e. The van der Waals surface area contributed by atoms with Crippen LogP contribution in [0.3, 0.4) is 0 Å². The molecule has 1 aromatic heterocycles. The van der Waals surface area contributed by atoms with E-state index in [9.17, 15) is 4.79 Å². The van der Waals surface area contributed by atoms with Crippen molar-refractivity contribution in [1.82, 2.24) is 15.1 Å². The summed E-state index contributed by atoms with van der Waals surface area (Å²) in [5.41, 5.74) is 0.954. The maximum atomic E-state index is 11.9. The van der Waals surface area contributed by atoms with E-state index < -0.39 is 0 Å². The monoisotopic (exact) mass is 279 g/mol. The van der Waals surface area contributed by atoms with Gasteiger partial charge in [-0.2, -0.15) is 5.10 Å². The molecular formula is C16H29N3O. The summed E-state index contributed by atoms with van der Waals surface area (Å²) < 4.78 is 2.00. The van der Waals surface area contributed by atoms with Gasteiger partial charge in [-0.1, -0.05) is 13.8 Å². The second-order valence-electron chi connectivity index (χ2n) is 6.40. The molecule has 1 heterocycles. The molecule has 0 amide bonds. The van der Waals surface area contributed by atoms with Crippen LogP contribution in [0.5, 0.6) is 0 Å². The number of ketones is 1. The molecule has 0 spiro atoms. The number of carbonyl (C=O) groups is 1. The van der Waals surface area contributed by atoms with Gasteiger partial charge in [0.2, 0.25) is 0 Å². The van der Waals surface area contributed by atoms with Gasteiger partial charge in [-0.15, -0.1) is 0 Å². The maximum absolute atomic E-state index is 11.9. The van der Waals surface area contributed by atoms with Crippen LogP contribution in [0, 0.1) is 0 Å². The molecule has 0 aromatic carbocycles. The summed E-state index contributed by atoms with van der Waals surface area (Å²) >= 11 is 0. The van der Waals surface area contributed by atoms with Crippen molar-refractivity contribution in [2.24, 2.45) is 0 Å². The smallest absolute Gasteiger partial charge is 0.140 e. The van der Waals surface area contributed by atoms with E-state index in [0.29, 0.717) is 18.9 Å². The summed E-state index contributed by atoms with van der Waals surface area (Å²) in [7, 11) is 0. The Morgan fingerprint density at radius 3 is 2.55 bits per heavy atom. The first-order valence-corrected chi connectivity index (χ1v) is 7.66. The Morgan fingerprint density at radius 2 is 2.00 bits per heavy atom. The zero-order valence-corrected chi connectivity index (χ0v) is 13.6. The van der Waals surface area contributed by atoms with E-state index in [1.165, 1.54) is 0 Å². The van der Waals surface area contributed by atoms with Crippen LogP contribution in [0.4, 0.5) is 0 Å². The quantitative estimate of drug-likeness (QED) is 0.795. The average Bonchev–Trinajstić information content (AvgIpc) is 2.77. The minimum atomic E-state index is 0.0668. The molecule has 1 aromatic rings. The van der Waals surface area contributed by atoms with E-state index in [-0.39, 0.29) is 11.3 Å². The number of hydrogen-bond donors (Lipinski definition) is 1. The first-order chi connectivity index (χ1) is 9.35. The van der Waals surface area contributed by atoms with Crippen molar-refractivity contribution in [1.29, 1.82) is 0 Å². The highest BCUT2D eigenvalue weighted by Crippen LogP contribution is 2.14. The lowest BCUT2D eigenvalue weighted by Crippen LogP contribution is -2.37. The van der Waals surface area contributed by atoms with Crippen molar-refractivity contribution in [3.05, 3.63) is 18.0 Å². The van der Waals surface area contributed by atoms with Crippen LogP contribution in [0.25, 0.3) is 0 Å². The molecule has 0 bridgehead atoms. The van der Waals surface area contributed by atoms with Gasteiger partial charge in [-0.25, -0.2) is 0 Å². The highest BCUT2D eigenvalue weighted by Gasteiger charge is 2.12. The highest BCUT2D eigenvalue weighted by molar-refractivity contribution is 5.80. The fraction of sp³-hybridized carbons (Fsp3) is 0.750. The summed E-state index contributed by atoms with van der Waals surface area (Å²) in [5.74, 6) is 0.247. The van der Waals surface area contributed by atoms with Crippen molar-refractivity contribution in [3.63, 3.8) is 0 Å². The number of aromatic nitrogens is 2. The molecule has 20 heavy (non-hydrogen) atoms. The van der Waals surface area contributed by atoms with E-state index in [0.717, 1.165) is 25.1 Å². The third-order valence-corrected chi connectivity index (χ3v) is 3.42. The highest BCUT2D eigenvalue weighted by atomic mass is 16.1. The van der Waals surface area contributed by atoms with Crippen molar-refractivity contribution < 1.29 is 4.79 Å². The van der Waals surface area contributed by atoms with Gasteiger partial charge in [0.05, 0.1) is 18.2 Å². The predicted molar refractivity (Wildman–Crippen MR) is 82.9 cm³/mol. The Hall–Kier alpha value is -1.16. The Kier molecular flexibility index (Phi) is 6.40. The SMILES string of the molecule is CCC(CC)n1ccc(CC(=O)CCNC(C)(C)C)n1. The molecule has 1 N–H and O–H groups in total. The summed E-state index contributed by atoms with van der Waals surface area (Å²) in [6.45, 7) is 11.4. The minimum absolute atomic E-state index is 0.0668. The van der Waals surface area contributed by atoms with Gasteiger partial charge >= 0.3 is 0 Å². The molecule has 0 saturated carbocycles. The van der Waals surface area contributed by atoms with E-state index in [1.807, 2.05) is 16.9 Å². The second kappa shape index (κ2) is 7.58. The minimum Gasteiger partial charge on any atom is -0.312 e. The lowest BCUT2D eigenvalue weighted by Gasteiger charge is -2.19. The Balaban J connectivity index is 2.43. The molecule has 1 rings (SSSR count). The number of nitrogens with zero attached hydrogens (tertiary/aromatic N) is 2. The molecule has 4 heteroatoms. The average molecular weight is 279 g/mol. The van der Waals surface area contributed by atoms with E-state index in [2.05, 4.69) is 45.0 Å². The van der Waals surface area contributed by atoms with Gasteiger partial charge in [0, 0.05) is 24.7 Å². The largest absolute Gasteiger partial charge is 0.312 e. The van der Waals surface area contributed by atoms with Crippen LogP contribution in [0.2, 0.25) is 0 Å². The Bertz CT molecular complexity index is 414. The van der Waals surface area contributed by atoms with Crippen LogP contribution in [0.1, 0.15) is 65.6 Å². The third-order valence-electron chi connectivity index (χ3n) is 3.42. The molecule has 0 fully saturated rings. The summed E-state index contributed by atoms with van der Waals surface area (Å²) in [5, 5.41) is 7.86. The van der Waals surface area contributed by atoms with Crippen LogP contribution >= 0.6 is 0 Å². The van der Waals surface area contributed by atoms with Gasteiger partial charge < -0.3 is 5.32 Å². The number of rotatable bonds is 8. The molecule has 0 radical (unpaired) electrons. The number of hydrogen-bond acceptors (Lipinski definition) is 3. The van der Waals surface area contributed by atoms with Crippen LogP contribution < -0.4 is 5.32 Å². The van der Waals surface area contributed by atoms with Crippen molar-refractivity contribution in [2.45, 2.75) is 71.9 Å². The third kappa shape index (κ3) is 5.87. The van der Waals surface area contributed by atoms with E-state index in [4.69, 9.17) is 0 Å². The molecule has 0 aliphatic heterocycles. The Morgan fingerprint density at radius 1 is 1.35 bits per heavy atom. The lowest BCUT2D eigenvalue weighted by atomic mass is 10.1. The van der Waals surface area contributed by atoms with Gasteiger partial charge in [-0.05, 0) is 39.7 Å². The topological polar surface area (TPSA) is 46.9 Å². The standard InChI is InChI=1S/C16H29N3O/c1-6-14(7-2)19-11-9-13(18-19)12-15(20)8-10-17-16(3,4)5/h9,11,14,17H,6-8,10,12H2,1-5H3. The predicted octanol–water partition coefficient (Wildman–Crippen LogP) is 3.13. The molecule has 114 valence electrons. The molecule has 0 aliphatic carbocycles. The molecule has 0 aliphatic rings. The molecule has 0 saturated heterocycles. The lowest BCUT2D eigenvalue weighted by molar-refractivity contribution is -0.118. The molecular weight excluding hydrogens is 250 g/mol. The molecule has 0 unspecified atom stereocenters. The zero-order valence-electron chi connectivity index (χ0n) is 13.6. The van der Waals surface area contributed by atoms with Gasteiger partial charge in [-0.3, -0.25) is 9.48 Å². The zero-order chi connectivity index (χ0) is 15.2. The van der Waals surface area contributed by atoms with Gasteiger partial charge in [0.25, 0.3) is 0 Å². The first-order valence-electron chi connectivity index (χ1n) is 7.66. The van der Waals surface area contributed by atoms with Crippen molar-refractivity contribution in [3.8, 4) is 0 Å². The number of Topliss-reactive ketones (excluding diaryl/α,β-unsaturated/α-hetero) is 1. The van der Waals surface area contributed by atoms with Crippen molar-refractivity contribution >= 4 is 5.78 Å². The van der Waals surface area contributed by atoms with Crippen LogP contribution in [0.15, 0.2) is 12.3 Å². The fourth-order valence-corrected chi connectivity index (χ4v) is 2.21. The summed E-state index contributed by atoms with van der Waals surface area (Å²) in [4.78, 5) is 11.9. The van der Waals surface area contributed by atoms with Gasteiger partial charge in [0.15, 0.2) is 0 Å². The number of carbonyl (C=O) groups excluding carboxylic acids is 1. The van der Waals surface area contributed by atoms with Crippen LogP contribution in [-0.2, 0) is 11.2 Å². The van der Waals surface area contributed by atoms with Crippen LogP contribution in [-0.4, -0.2) is 27.6 Å². The first kappa shape index (κ1) is 16.9. The molecule has 0 atom stereocenters. The second-order valence-corrected chi connectivity index (χ2v) is 6.40. The van der Waals surface area contributed by atoms with Crippen molar-refractivity contribution in [2.75, 3.05) is 6.54 Å². The van der Waals surface area contributed by atoms with Gasteiger partial charge in [0.1, 0.15) is 5.78 Å². The number of nitrogens with one attached hydrogen (secondary N) is 1. The van der Waals surface area contributed by atoms with E-state index in [1.54, 1.807) is 0 Å².